The van der Waals surface area contributed by atoms with Gasteiger partial charge in [0.1, 0.15) is 24.9 Å². The molecule has 2 aliphatic rings. The van der Waals surface area contributed by atoms with E-state index >= 15 is 0 Å². The van der Waals surface area contributed by atoms with Crippen LogP contribution in [-0.4, -0.2) is 65.7 Å². The van der Waals surface area contributed by atoms with Crippen LogP contribution in [0.1, 0.15) is 23.8 Å². The Morgan fingerprint density at radius 1 is 1.20 bits per heavy atom. The summed E-state index contributed by atoms with van der Waals surface area (Å²) in [6, 6.07) is 8.29. The third-order valence-corrected chi connectivity index (χ3v) is 6.32. The molecule has 3 N–H and O–H groups in total. The van der Waals surface area contributed by atoms with Crippen molar-refractivity contribution in [3.63, 3.8) is 0 Å². The summed E-state index contributed by atoms with van der Waals surface area (Å²) in [7, 11) is 0. The van der Waals surface area contributed by atoms with Crippen molar-refractivity contribution in [3.8, 4) is 11.5 Å². The Balaban J connectivity index is 1.40. The van der Waals surface area contributed by atoms with Crippen LogP contribution in [0.5, 0.6) is 11.5 Å². The molecule has 0 aliphatic carbocycles. The van der Waals surface area contributed by atoms with Crippen molar-refractivity contribution in [3.05, 3.63) is 58.6 Å². The van der Waals surface area contributed by atoms with Gasteiger partial charge in [0.2, 0.25) is 5.71 Å². The maximum atomic E-state index is 14.6. The molecule has 0 bridgehead atoms. The molecule has 1 fully saturated rings. The van der Waals surface area contributed by atoms with Crippen molar-refractivity contribution in [1.82, 2.24) is 10.2 Å². The largest absolute Gasteiger partial charge is 0.486 e. The fraction of sp³-hybridized carbons (Fsp3) is 0.333. The van der Waals surface area contributed by atoms with Gasteiger partial charge in [-0.1, -0.05) is 16.8 Å². The average Bonchev–Trinajstić information content (AvgIpc) is 3.23. The summed E-state index contributed by atoms with van der Waals surface area (Å²) in [4.78, 5) is 15.2. The number of carbonyl (C=O) groups excluding carboxylic acids is 1. The molecule has 9 nitrogen and oxygen atoms in total. The van der Waals surface area contributed by atoms with Gasteiger partial charge in [0.25, 0.3) is 5.91 Å². The van der Waals surface area contributed by atoms with Gasteiger partial charge >= 0.3 is 0 Å². The van der Waals surface area contributed by atoms with E-state index in [9.17, 15) is 19.5 Å². The van der Waals surface area contributed by atoms with Gasteiger partial charge in [0.15, 0.2) is 23.1 Å². The van der Waals surface area contributed by atoms with Crippen molar-refractivity contribution >= 4 is 34.2 Å². The number of likely N-dealkylation sites (tertiary alicyclic amines) is 1. The van der Waals surface area contributed by atoms with E-state index in [-0.39, 0.29) is 41.7 Å². The highest BCUT2D eigenvalue weighted by atomic mass is 35.5. The molecular formula is C24H23ClFN3O6. The molecule has 1 amide bonds. The maximum absolute atomic E-state index is 14.6. The number of aliphatic hydroxyl groups excluding tert-OH is 1. The number of carbonyl (C=O) groups is 1. The molecule has 2 aromatic carbocycles. The predicted molar refractivity (Wildman–Crippen MR) is 125 cm³/mol. The number of nitrogens with zero attached hydrogens (tertiary/aromatic N) is 2. The van der Waals surface area contributed by atoms with Crippen LogP contribution >= 0.6 is 11.6 Å². The summed E-state index contributed by atoms with van der Waals surface area (Å²) in [6.45, 7) is 2.41. The highest BCUT2D eigenvalue weighted by molar-refractivity contribution is 6.44. The molecule has 1 aromatic heterocycles. The molecule has 3 heterocycles. The standard InChI is InChI=1S/C24H23ClFN3O6/c25-15-2-3-18-13(8-15)10-19(35-18)21(28-32)24(31)27-17(12-29-4-1-5-29)22(30)14-9-16(26)23-20(11-14)33-6-7-34-23/h2-3,8-11,17,22,30,32H,1,4-7,12H2,(H,27,31)/t17-,22+/m1/s1. The van der Waals surface area contributed by atoms with Gasteiger partial charge in [-0.2, -0.15) is 0 Å². The van der Waals surface area contributed by atoms with Gasteiger partial charge in [0.05, 0.1) is 6.04 Å². The van der Waals surface area contributed by atoms with E-state index in [1.54, 1.807) is 18.2 Å². The third-order valence-electron chi connectivity index (χ3n) is 6.09. The van der Waals surface area contributed by atoms with Gasteiger partial charge in [-0.15, -0.1) is 0 Å². The summed E-state index contributed by atoms with van der Waals surface area (Å²) >= 11 is 6.01. The smallest absolute Gasteiger partial charge is 0.277 e. The number of aliphatic hydroxyl groups is 1. The lowest BCUT2D eigenvalue weighted by atomic mass is 9.99. The molecule has 184 valence electrons. The van der Waals surface area contributed by atoms with E-state index in [1.807, 2.05) is 4.90 Å². The molecule has 5 rings (SSSR count). The van der Waals surface area contributed by atoms with Gasteiger partial charge in [0, 0.05) is 17.0 Å². The number of rotatable bonds is 7. The van der Waals surface area contributed by atoms with Crippen LogP contribution in [0.15, 0.2) is 46.0 Å². The lowest BCUT2D eigenvalue weighted by Gasteiger charge is -2.36. The number of hydrogen-bond donors (Lipinski definition) is 3. The number of fused-ring (bicyclic) bond motifs is 2. The van der Waals surface area contributed by atoms with Crippen molar-refractivity contribution in [2.24, 2.45) is 5.16 Å². The summed E-state index contributed by atoms with van der Waals surface area (Å²) in [5.74, 6) is -1.21. The minimum atomic E-state index is -1.28. The number of nitrogens with one attached hydrogen (secondary N) is 1. The predicted octanol–water partition coefficient (Wildman–Crippen LogP) is 3.10. The summed E-state index contributed by atoms with van der Waals surface area (Å²) in [6.07, 6.45) is -0.278. The van der Waals surface area contributed by atoms with Gasteiger partial charge in [-0.05, 0) is 61.5 Å². The van der Waals surface area contributed by atoms with Crippen LogP contribution in [0.2, 0.25) is 5.02 Å². The van der Waals surface area contributed by atoms with E-state index in [1.165, 1.54) is 12.1 Å². The number of halogens is 2. The van der Waals surface area contributed by atoms with Gasteiger partial charge in [-0.3, -0.25) is 4.79 Å². The van der Waals surface area contributed by atoms with Gasteiger partial charge < -0.3 is 34.4 Å². The second-order valence-electron chi connectivity index (χ2n) is 8.45. The number of benzene rings is 2. The Hall–Kier alpha value is -3.34. The first-order chi connectivity index (χ1) is 16.9. The number of oxime groups is 1. The minimum absolute atomic E-state index is 0.00443. The molecule has 0 spiro atoms. The molecule has 11 heteroatoms. The fourth-order valence-corrected chi connectivity index (χ4v) is 4.36. The van der Waals surface area contributed by atoms with Crippen molar-refractivity contribution in [1.29, 1.82) is 0 Å². The lowest BCUT2D eigenvalue weighted by Crippen LogP contribution is -2.52. The highest BCUT2D eigenvalue weighted by Crippen LogP contribution is 2.36. The quantitative estimate of drug-likeness (QED) is 0.258. The van der Waals surface area contributed by atoms with Crippen LogP contribution in [0, 0.1) is 5.82 Å². The summed E-state index contributed by atoms with van der Waals surface area (Å²) < 4.78 is 31.0. The van der Waals surface area contributed by atoms with Crippen molar-refractivity contribution in [2.75, 3.05) is 32.8 Å². The van der Waals surface area contributed by atoms with Crippen molar-refractivity contribution in [2.45, 2.75) is 18.6 Å². The van der Waals surface area contributed by atoms with Crippen LogP contribution in [0.3, 0.4) is 0 Å². The lowest BCUT2D eigenvalue weighted by molar-refractivity contribution is -0.116. The summed E-state index contributed by atoms with van der Waals surface area (Å²) in [5.41, 5.74) is 0.312. The second kappa shape index (κ2) is 9.73. The number of ether oxygens (including phenoxy) is 2. The van der Waals surface area contributed by atoms with E-state index in [0.717, 1.165) is 25.6 Å². The molecule has 0 saturated carbocycles. The zero-order valence-electron chi connectivity index (χ0n) is 18.5. The third kappa shape index (κ3) is 4.77. The van der Waals surface area contributed by atoms with E-state index < -0.39 is 23.9 Å². The monoisotopic (exact) mass is 503 g/mol. The van der Waals surface area contributed by atoms with E-state index in [0.29, 0.717) is 22.5 Å². The molecule has 1 saturated heterocycles. The molecule has 2 aliphatic heterocycles. The molecule has 3 aromatic rings. The van der Waals surface area contributed by atoms with E-state index in [4.69, 9.17) is 25.5 Å². The normalized spacial score (nSPS) is 17.6. The van der Waals surface area contributed by atoms with Crippen LogP contribution in [-0.2, 0) is 4.79 Å². The Bertz CT molecular complexity index is 1290. The molecule has 2 atom stereocenters. The zero-order valence-corrected chi connectivity index (χ0v) is 19.3. The number of hydrogen-bond acceptors (Lipinski definition) is 8. The first-order valence-corrected chi connectivity index (χ1v) is 11.5. The Labute approximate surface area is 204 Å². The fourth-order valence-electron chi connectivity index (χ4n) is 4.18. The number of amides is 1. The highest BCUT2D eigenvalue weighted by Gasteiger charge is 2.32. The number of furan rings is 1. The SMILES string of the molecule is O=C(N[C@H](CN1CCC1)[C@@H](O)c1cc(F)c2c(c1)OCCO2)C(=NO)c1cc2cc(Cl)ccc2o1. The maximum Gasteiger partial charge on any atom is 0.277 e. The Morgan fingerprint density at radius 3 is 2.74 bits per heavy atom. The van der Waals surface area contributed by atoms with Gasteiger partial charge in [-0.25, -0.2) is 4.39 Å². The molecule has 35 heavy (non-hydrogen) atoms. The van der Waals surface area contributed by atoms with Crippen molar-refractivity contribution < 1.29 is 33.4 Å². The van der Waals surface area contributed by atoms with Crippen LogP contribution < -0.4 is 14.8 Å². The van der Waals surface area contributed by atoms with Crippen LogP contribution in [0.4, 0.5) is 4.39 Å². The Kier molecular flexibility index (Phi) is 6.50. The Morgan fingerprint density at radius 2 is 2.00 bits per heavy atom. The van der Waals surface area contributed by atoms with E-state index in [2.05, 4.69) is 10.5 Å². The molecule has 0 radical (unpaired) electrons. The topological polar surface area (TPSA) is 117 Å². The summed E-state index contributed by atoms with van der Waals surface area (Å²) in [5, 5.41) is 27.7. The first kappa shape index (κ1) is 23.4. The molecular weight excluding hydrogens is 481 g/mol. The molecule has 0 unspecified atom stereocenters. The average molecular weight is 504 g/mol. The first-order valence-electron chi connectivity index (χ1n) is 11.1. The zero-order chi connectivity index (χ0) is 24.5. The second-order valence-corrected chi connectivity index (χ2v) is 8.88. The van der Waals surface area contributed by atoms with Crippen LogP contribution in [0.25, 0.3) is 11.0 Å². The minimum Gasteiger partial charge on any atom is -0.486 e.